The Labute approximate surface area is 160 Å². The van der Waals surface area contributed by atoms with Crippen molar-refractivity contribution in [2.45, 2.75) is 26.7 Å². The first-order chi connectivity index (χ1) is 13.1. The second-order valence-corrected chi connectivity index (χ2v) is 6.70. The standard InChI is InChI=1S/C23H25N3O/c1-17-8-6-9-18(2)22(17)26-21-14-20(15-24-16-21)23(27)25-13-7-12-19-10-4-3-5-11-19/h3-6,8-11,14-16,26H,7,12-13H2,1-2H3,(H,25,27). The number of amides is 1. The number of para-hydroxylation sites is 1. The van der Waals surface area contributed by atoms with Crippen LogP contribution in [0, 0.1) is 13.8 Å². The van der Waals surface area contributed by atoms with Crippen molar-refractivity contribution in [1.29, 1.82) is 0 Å². The minimum atomic E-state index is -0.0966. The van der Waals surface area contributed by atoms with E-state index < -0.39 is 0 Å². The van der Waals surface area contributed by atoms with Crippen molar-refractivity contribution < 1.29 is 4.79 Å². The van der Waals surface area contributed by atoms with Crippen LogP contribution in [-0.4, -0.2) is 17.4 Å². The molecule has 0 spiro atoms. The van der Waals surface area contributed by atoms with E-state index in [1.807, 2.05) is 30.3 Å². The van der Waals surface area contributed by atoms with Crippen LogP contribution in [0.1, 0.15) is 33.5 Å². The van der Waals surface area contributed by atoms with Gasteiger partial charge in [-0.1, -0.05) is 48.5 Å². The zero-order valence-corrected chi connectivity index (χ0v) is 15.8. The highest BCUT2D eigenvalue weighted by molar-refractivity contribution is 5.94. The molecule has 138 valence electrons. The van der Waals surface area contributed by atoms with Gasteiger partial charge in [0, 0.05) is 18.4 Å². The van der Waals surface area contributed by atoms with Gasteiger partial charge in [-0.3, -0.25) is 9.78 Å². The Morgan fingerprint density at radius 3 is 2.44 bits per heavy atom. The van der Waals surface area contributed by atoms with Crippen molar-refractivity contribution in [3.05, 3.63) is 89.2 Å². The molecule has 0 unspecified atom stereocenters. The maximum atomic E-state index is 12.4. The normalized spacial score (nSPS) is 10.4. The van der Waals surface area contributed by atoms with Crippen LogP contribution in [0.25, 0.3) is 0 Å². The molecule has 0 aliphatic heterocycles. The molecule has 0 aliphatic rings. The van der Waals surface area contributed by atoms with Crippen molar-refractivity contribution in [3.8, 4) is 0 Å². The Morgan fingerprint density at radius 1 is 0.963 bits per heavy atom. The summed E-state index contributed by atoms with van der Waals surface area (Å²) >= 11 is 0. The van der Waals surface area contributed by atoms with Gasteiger partial charge in [0.1, 0.15) is 0 Å². The molecule has 0 bridgehead atoms. The molecule has 27 heavy (non-hydrogen) atoms. The van der Waals surface area contributed by atoms with Crippen molar-refractivity contribution in [2.75, 3.05) is 11.9 Å². The lowest BCUT2D eigenvalue weighted by Gasteiger charge is -2.13. The van der Waals surface area contributed by atoms with Gasteiger partial charge in [0.2, 0.25) is 0 Å². The van der Waals surface area contributed by atoms with E-state index >= 15 is 0 Å². The van der Waals surface area contributed by atoms with Crippen LogP contribution >= 0.6 is 0 Å². The van der Waals surface area contributed by atoms with E-state index in [0.29, 0.717) is 12.1 Å². The summed E-state index contributed by atoms with van der Waals surface area (Å²) in [6.07, 6.45) is 5.19. The monoisotopic (exact) mass is 359 g/mol. The molecule has 4 heteroatoms. The smallest absolute Gasteiger partial charge is 0.252 e. The Balaban J connectivity index is 1.57. The minimum Gasteiger partial charge on any atom is -0.354 e. The molecule has 0 saturated carbocycles. The SMILES string of the molecule is Cc1cccc(C)c1Nc1cncc(C(=O)NCCCc2ccccc2)c1. The maximum absolute atomic E-state index is 12.4. The van der Waals surface area contributed by atoms with Crippen molar-refractivity contribution >= 4 is 17.3 Å². The number of rotatable bonds is 7. The quantitative estimate of drug-likeness (QED) is 0.596. The molecule has 4 nitrogen and oxygen atoms in total. The van der Waals surface area contributed by atoms with E-state index in [2.05, 4.69) is 53.7 Å². The molecule has 3 rings (SSSR count). The Bertz CT molecular complexity index is 886. The number of carbonyl (C=O) groups excluding carboxylic acids is 1. The Morgan fingerprint density at radius 2 is 1.70 bits per heavy atom. The van der Waals surface area contributed by atoms with Crippen molar-refractivity contribution in [3.63, 3.8) is 0 Å². The topological polar surface area (TPSA) is 54.0 Å². The number of hydrogen-bond donors (Lipinski definition) is 2. The number of aryl methyl sites for hydroxylation is 3. The molecule has 0 radical (unpaired) electrons. The van der Waals surface area contributed by atoms with Gasteiger partial charge in [-0.15, -0.1) is 0 Å². The Hall–Kier alpha value is -3.14. The van der Waals surface area contributed by atoms with E-state index in [1.54, 1.807) is 12.4 Å². The number of pyridine rings is 1. The van der Waals surface area contributed by atoms with Gasteiger partial charge in [0.05, 0.1) is 17.4 Å². The van der Waals surface area contributed by atoms with Gasteiger partial charge in [0.15, 0.2) is 0 Å². The summed E-state index contributed by atoms with van der Waals surface area (Å²) in [4.78, 5) is 16.6. The van der Waals surface area contributed by atoms with E-state index in [9.17, 15) is 4.79 Å². The van der Waals surface area contributed by atoms with E-state index in [4.69, 9.17) is 0 Å². The molecule has 2 aromatic carbocycles. The fourth-order valence-corrected chi connectivity index (χ4v) is 3.03. The molecular weight excluding hydrogens is 334 g/mol. The summed E-state index contributed by atoms with van der Waals surface area (Å²) in [6, 6.07) is 18.3. The van der Waals surface area contributed by atoms with Gasteiger partial charge < -0.3 is 10.6 Å². The number of carbonyl (C=O) groups is 1. The number of nitrogens with one attached hydrogen (secondary N) is 2. The zero-order chi connectivity index (χ0) is 19.1. The first kappa shape index (κ1) is 18.6. The third-order valence-electron chi connectivity index (χ3n) is 4.52. The van der Waals surface area contributed by atoms with Crippen LogP contribution in [-0.2, 0) is 6.42 Å². The first-order valence-electron chi connectivity index (χ1n) is 9.24. The first-order valence-corrected chi connectivity index (χ1v) is 9.24. The van der Waals surface area contributed by atoms with E-state index in [1.165, 1.54) is 5.56 Å². The molecule has 0 atom stereocenters. The number of hydrogen-bond acceptors (Lipinski definition) is 3. The number of nitrogens with zero attached hydrogens (tertiary/aromatic N) is 1. The molecule has 1 heterocycles. The van der Waals surface area contributed by atoms with Crippen LogP contribution in [0.15, 0.2) is 67.0 Å². The largest absolute Gasteiger partial charge is 0.354 e. The van der Waals surface area contributed by atoms with E-state index in [0.717, 1.165) is 35.3 Å². The zero-order valence-electron chi connectivity index (χ0n) is 15.8. The fourth-order valence-electron chi connectivity index (χ4n) is 3.03. The summed E-state index contributed by atoms with van der Waals surface area (Å²) in [6.45, 7) is 4.76. The van der Waals surface area contributed by atoms with Gasteiger partial charge in [-0.2, -0.15) is 0 Å². The summed E-state index contributed by atoms with van der Waals surface area (Å²) in [5, 5.41) is 6.36. The molecule has 3 aromatic rings. The third kappa shape index (κ3) is 5.17. The predicted octanol–water partition coefficient (Wildman–Crippen LogP) is 4.80. The molecular formula is C23H25N3O. The molecule has 0 fully saturated rings. The number of aromatic nitrogens is 1. The molecule has 0 saturated heterocycles. The molecule has 1 aromatic heterocycles. The highest BCUT2D eigenvalue weighted by Gasteiger charge is 2.08. The Kier molecular flexibility index (Phi) is 6.21. The molecule has 0 aliphatic carbocycles. The van der Waals surface area contributed by atoms with Gasteiger partial charge >= 0.3 is 0 Å². The molecule has 2 N–H and O–H groups in total. The maximum Gasteiger partial charge on any atom is 0.252 e. The minimum absolute atomic E-state index is 0.0966. The number of benzene rings is 2. The molecule has 1 amide bonds. The highest BCUT2D eigenvalue weighted by atomic mass is 16.1. The lowest BCUT2D eigenvalue weighted by atomic mass is 10.1. The van der Waals surface area contributed by atoms with Crippen LogP contribution in [0.2, 0.25) is 0 Å². The van der Waals surface area contributed by atoms with Gasteiger partial charge in [-0.05, 0) is 49.4 Å². The van der Waals surface area contributed by atoms with Crippen LogP contribution in [0.3, 0.4) is 0 Å². The van der Waals surface area contributed by atoms with Gasteiger partial charge in [-0.25, -0.2) is 0 Å². The van der Waals surface area contributed by atoms with Gasteiger partial charge in [0.25, 0.3) is 5.91 Å². The lowest BCUT2D eigenvalue weighted by Crippen LogP contribution is -2.25. The average molecular weight is 359 g/mol. The summed E-state index contributed by atoms with van der Waals surface area (Å²) in [7, 11) is 0. The number of anilines is 2. The third-order valence-corrected chi connectivity index (χ3v) is 4.52. The predicted molar refractivity (Wildman–Crippen MR) is 111 cm³/mol. The van der Waals surface area contributed by atoms with Crippen molar-refractivity contribution in [2.24, 2.45) is 0 Å². The highest BCUT2D eigenvalue weighted by Crippen LogP contribution is 2.24. The van der Waals surface area contributed by atoms with Crippen LogP contribution < -0.4 is 10.6 Å². The van der Waals surface area contributed by atoms with Crippen LogP contribution in [0.4, 0.5) is 11.4 Å². The van der Waals surface area contributed by atoms with E-state index in [-0.39, 0.29) is 5.91 Å². The lowest BCUT2D eigenvalue weighted by molar-refractivity contribution is 0.0953. The summed E-state index contributed by atoms with van der Waals surface area (Å²) in [5.74, 6) is -0.0966. The summed E-state index contributed by atoms with van der Waals surface area (Å²) < 4.78 is 0. The second kappa shape index (κ2) is 8.99. The second-order valence-electron chi connectivity index (χ2n) is 6.70. The van der Waals surface area contributed by atoms with Crippen molar-refractivity contribution in [1.82, 2.24) is 10.3 Å². The average Bonchev–Trinajstić information content (AvgIpc) is 2.69. The van der Waals surface area contributed by atoms with Crippen LogP contribution in [0.5, 0.6) is 0 Å². The summed E-state index contributed by atoms with van der Waals surface area (Å²) in [5.41, 5.74) is 6.03. The fraction of sp³-hybridized carbons (Fsp3) is 0.217.